The highest BCUT2D eigenvalue weighted by molar-refractivity contribution is 6.35. The lowest BCUT2D eigenvalue weighted by Gasteiger charge is -2.19. The zero-order valence-corrected chi connectivity index (χ0v) is 16.1. The first-order chi connectivity index (χ1) is 12.1. The highest BCUT2D eigenvalue weighted by Crippen LogP contribution is 2.25. The summed E-state index contributed by atoms with van der Waals surface area (Å²) in [5, 5.41) is 15.5. The van der Waals surface area contributed by atoms with Gasteiger partial charge in [0.25, 0.3) is 0 Å². The number of hydrogen-bond acceptors (Lipinski definition) is 3. The Labute approximate surface area is 158 Å². The Kier molecular flexibility index (Phi) is 8.01. The van der Waals surface area contributed by atoms with Crippen LogP contribution in [-0.4, -0.2) is 33.8 Å². The third-order valence-corrected chi connectivity index (χ3v) is 4.25. The molecular weight excluding hydrogens is 359 g/mol. The number of halogens is 2. The van der Waals surface area contributed by atoms with Crippen LogP contribution in [0, 0.1) is 0 Å². The van der Waals surface area contributed by atoms with Crippen LogP contribution in [0.1, 0.15) is 38.3 Å². The van der Waals surface area contributed by atoms with Crippen LogP contribution in [0.2, 0.25) is 10.0 Å². The molecule has 0 aliphatic rings. The molecule has 0 amide bonds. The van der Waals surface area contributed by atoms with Gasteiger partial charge in [-0.15, -0.1) is 10.2 Å². The van der Waals surface area contributed by atoms with Crippen LogP contribution in [0.3, 0.4) is 0 Å². The van der Waals surface area contributed by atoms with Crippen molar-refractivity contribution in [3.8, 4) is 0 Å². The van der Waals surface area contributed by atoms with Crippen molar-refractivity contribution in [3.05, 3.63) is 46.5 Å². The van der Waals surface area contributed by atoms with Gasteiger partial charge in [-0.1, -0.05) is 29.3 Å². The third-order valence-electron chi connectivity index (χ3n) is 3.69. The molecule has 1 heterocycles. The fourth-order valence-electron chi connectivity index (χ4n) is 2.39. The van der Waals surface area contributed by atoms with Gasteiger partial charge in [0, 0.05) is 29.7 Å². The van der Waals surface area contributed by atoms with Crippen LogP contribution >= 0.6 is 23.2 Å². The second-order valence-corrected chi connectivity index (χ2v) is 6.54. The summed E-state index contributed by atoms with van der Waals surface area (Å²) < 4.78 is 1.97. The van der Waals surface area contributed by atoms with Gasteiger partial charge in [0.05, 0.1) is 6.04 Å². The number of nitrogens with one attached hydrogen (secondary N) is 2. The van der Waals surface area contributed by atoms with Crippen LogP contribution < -0.4 is 10.6 Å². The van der Waals surface area contributed by atoms with Gasteiger partial charge in [0.15, 0.2) is 5.96 Å². The van der Waals surface area contributed by atoms with Gasteiger partial charge in [-0.3, -0.25) is 4.99 Å². The molecule has 1 aromatic carbocycles. The zero-order chi connectivity index (χ0) is 18.1. The van der Waals surface area contributed by atoms with E-state index in [4.69, 9.17) is 23.2 Å². The minimum Gasteiger partial charge on any atom is -0.357 e. The lowest BCUT2D eigenvalue weighted by atomic mass is 10.1. The molecule has 6 nitrogen and oxygen atoms in total. The van der Waals surface area contributed by atoms with Crippen LogP contribution in [0.25, 0.3) is 0 Å². The maximum absolute atomic E-state index is 6.28. The minimum absolute atomic E-state index is 0.0274. The molecule has 0 radical (unpaired) electrons. The van der Waals surface area contributed by atoms with Gasteiger partial charge >= 0.3 is 0 Å². The molecule has 0 fully saturated rings. The molecule has 1 aromatic heterocycles. The van der Waals surface area contributed by atoms with E-state index in [0.717, 1.165) is 44.0 Å². The van der Waals surface area contributed by atoms with Crippen molar-refractivity contribution in [1.29, 1.82) is 0 Å². The van der Waals surface area contributed by atoms with E-state index in [2.05, 4.69) is 25.8 Å². The second-order valence-electron chi connectivity index (χ2n) is 5.70. The lowest BCUT2D eigenvalue weighted by Crippen LogP contribution is -2.38. The van der Waals surface area contributed by atoms with Crippen molar-refractivity contribution in [1.82, 2.24) is 25.4 Å². The minimum atomic E-state index is 0.0274. The number of hydrogen-bond donors (Lipinski definition) is 2. The van der Waals surface area contributed by atoms with Gasteiger partial charge in [0.2, 0.25) is 0 Å². The number of benzene rings is 1. The summed E-state index contributed by atoms with van der Waals surface area (Å²) in [6.07, 6.45) is 5.48. The number of unbranched alkanes of at least 4 members (excludes halogenated alkanes) is 1. The first-order valence-corrected chi connectivity index (χ1v) is 9.18. The Morgan fingerprint density at radius 3 is 2.68 bits per heavy atom. The number of guanidine groups is 1. The molecule has 25 heavy (non-hydrogen) atoms. The zero-order valence-electron chi connectivity index (χ0n) is 14.5. The Hall–Kier alpha value is -1.79. The number of aryl methyl sites for hydroxylation is 1. The summed E-state index contributed by atoms with van der Waals surface area (Å²) in [5.74, 6) is 0.783. The molecule has 0 aliphatic heterocycles. The van der Waals surface area contributed by atoms with Gasteiger partial charge in [-0.2, -0.15) is 0 Å². The van der Waals surface area contributed by atoms with Gasteiger partial charge in [-0.05, 0) is 44.4 Å². The topological polar surface area (TPSA) is 67.1 Å². The fourth-order valence-corrected chi connectivity index (χ4v) is 2.96. The summed E-state index contributed by atoms with van der Waals surface area (Å²) in [6, 6.07) is 5.56. The molecule has 8 heteroatoms. The molecule has 0 saturated heterocycles. The number of aliphatic imine (C=N–C) groups is 1. The Morgan fingerprint density at radius 2 is 2.00 bits per heavy atom. The number of rotatable bonds is 8. The van der Waals surface area contributed by atoms with E-state index in [9.17, 15) is 0 Å². The van der Waals surface area contributed by atoms with Crippen LogP contribution in [0.4, 0.5) is 0 Å². The summed E-state index contributed by atoms with van der Waals surface area (Å²) in [6.45, 7) is 6.55. The predicted octanol–water partition coefficient (Wildman–Crippen LogP) is 3.68. The standard InChI is InChI=1S/C17H24Cl2N6/c1-3-20-17(21-8-4-5-9-25-11-22-23-12-25)24-13(2)15-7-6-14(18)10-16(15)19/h6-7,10-13H,3-5,8-9H2,1-2H3,(H2,20,21,24). The van der Waals surface area contributed by atoms with Crippen LogP contribution in [0.15, 0.2) is 35.8 Å². The van der Waals surface area contributed by atoms with E-state index in [-0.39, 0.29) is 6.04 Å². The molecule has 2 aromatic rings. The SMILES string of the molecule is CCNC(=NCCCCn1cnnc1)NC(C)c1ccc(Cl)cc1Cl. The van der Waals surface area contributed by atoms with Crippen molar-refractivity contribution in [3.63, 3.8) is 0 Å². The first-order valence-electron chi connectivity index (χ1n) is 8.42. The Balaban J connectivity index is 1.85. The molecule has 0 spiro atoms. The number of nitrogens with zero attached hydrogens (tertiary/aromatic N) is 4. The molecule has 0 saturated carbocycles. The van der Waals surface area contributed by atoms with Crippen molar-refractivity contribution < 1.29 is 0 Å². The average molecular weight is 383 g/mol. The molecule has 1 unspecified atom stereocenters. The molecule has 1 atom stereocenters. The summed E-state index contributed by atoms with van der Waals surface area (Å²) in [7, 11) is 0. The van der Waals surface area contributed by atoms with E-state index in [1.54, 1.807) is 18.7 Å². The van der Waals surface area contributed by atoms with Crippen molar-refractivity contribution in [2.75, 3.05) is 13.1 Å². The van der Waals surface area contributed by atoms with Crippen molar-refractivity contribution >= 4 is 29.2 Å². The molecule has 0 bridgehead atoms. The highest BCUT2D eigenvalue weighted by Gasteiger charge is 2.11. The van der Waals surface area contributed by atoms with Crippen molar-refractivity contribution in [2.45, 2.75) is 39.3 Å². The summed E-state index contributed by atoms with van der Waals surface area (Å²) in [4.78, 5) is 4.63. The van der Waals surface area contributed by atoms with Gasteiger partial charge < -0.3 is 15.2 Å². The fraction of sp³-hybridized carbons (Fsp3) is 0.471. The Bertz CT molecular complexity index is 672. The van der Waals surface area contributed by atoms with E-state index in [1.165, 1.54) is 0 Å². The van der Waals surface area contributed by atoms with E-state index in [0.29, 0.717) is 10.0 Å². The van der Waals surface area contributed by atoms with E-state index < -0.39 is 0 Å². The largest absolute Gasteiger partial charge is 0.357 e. The maximum atomic E-state index is 6.28. The average Bonchev–Trinajstić information content (AvgIpc) is 3.07. The first kappa shape index (κ1) is 19.5. The smallest absolute Gasteiger partial charge is 0.191 e. The Morgan fingerprint density at radius 1 is 1.24 bits per heavy atom. The molecular formula is C17H24Cl2N6. The lowest BCUT2D eigenvalue weighted by molar-refractivity contribution is 0.609. The third kappa shape index (κ3) is 6.55. The van der Waals surface area contributed by atoms with E-state index in [1.807, 2.05) is 30.5 Å². The summed E-state index contributed by atoms with van der Waals surface area (Å²) >= 11 is 12.2. The second kappa shape index (κ2) is 10.3. The quantitative estimate of drug-likeness (QED) is 0.415. The summed E-state index contributed by atoms with van der Waals surface area (Å²) in [5.41, 5.74) is 0.990. The van der Waals surface area contributed by atoms with E-state index >= 15 is 0 Å². The predicted molar refractivity (Wildman–Crippen MR) is 103 cm³/mol. The van der Waals surface area contributed by atoms with Crippen LogP contribution in [0.5, 0.6) is 0 Å². The normalized spacial score (nSPS) is 12.9. The molecule has 2 rings (SSSR count). The number of aromatic nitrogens is 3. The molecule has 0 aliphatic carbocycles. The molecule has 2 N–H and O–H groups in total. The van der Waals surface area contributed by atoms with Crippen molar-refractivity contribution in [2.24, 2.45) is 4.99 Å². The molecule has 136 valence electrons. The van der Waals surface area contributed by atoms with Crippen LogP contribution in [-0.2, 0) is 6.54 Å². The van der Waals surface area contributed by atoms with Gasteiger partial charge in [-0.25, -0.2) is 0 Å². The van der Waals surface area contributed by atoms with Gasteiger partial charge in [0.1, 0.15) is 12.7 Å². The highest BCUT2D eigenvalue weighted by atomic mass is 35.5. The monoisotopic (exact) mass is 382 g/mol. The maximum Gasteiger partial charge on any atom is 0.191 e.